The van der Waals surface area contributed by atoms with E-state index in [0.29, 0.717) is 0 Å². The Morgan fingerprint density at radius 1 is 0.955 bits per heavy atom. The van der Waals surface area contributed by atoms with E-state index in [1.54, 1.807) is 0 Å². The minimum Gasteiger partial charge on any atom is -0.388 e. The van der Waals surface area contributed by atoms with Crippen LogP contribution in [-0.4, -0.2) is 16.7 Å². The number of nitrogens with one attached hydrogen (secondary N) is 1. The van der Waals surface area contributed by atoms with E-state index < -0.39 is 5.60 Å². The summed E-state index contributed by atoms with van der Waals surface area (Å²) in [7, 11) is 0. The molecule has 0 aromatic heterocycles. The fourth-order valence-electron chi connectivity index (χ4n) is 3.13. The Bertz CT molecular complexity index is 543. The summed E-state index contributed by atoms with van der Waals surface area (Å²) in [6, 6.07) is 20.6. The van der Waals surface area contributed by atoms with Crippen molar-refractivity contribution in [3.8, 4) is 0 Å². The van der Waals surface area contributed by atoms with Gasteiger partial charge in [-0.2, -0.15) is 0 Å². The highest BCUT2D eigenvalue weighted by atomic mass is 16.3. The Balaban J connectivity index is 1.89. The lowest BCUT2D eigenvalue weighted by Gasteiger charge is -2.41. The van der Waals surface area contributed by atoms with Crippen molar-refractivity contribution in [3.05, 3.63) is 60.7 Å². The summed E-state index contributed by atoms with van der Waals surface area (Å²) in [5.74, 6) is 0. The van der Waals surface area contributed by atoms with E-state index in [1.165, 1.54) is 0 Å². The van der Waals surface area contributed by atoms with Gasteiger partial charge in [-0.05, 0) is 44.0 Å². The SMILES string of the molecule is C[C@]1(O)CCCC[C@H]1NN(c1ccccc1)c1ccccc1. The number of benzene rings is 2. The molecule has 3 rings (SSSR count). The van der Waals surface area contributed by atoms with Crippen molar-refractivity contribution in [2.75, 3.05) is 5.01 Å². The number of hydrazine groups is 1. The van der Waals surface area contributed by atoms with Gasteiger partial charge in [-0.3, -0.25) is 5.01 Å². The van der Waals surface area contributed by atoms with Gasteiger partial charge < -0.3 is 5.11 Å². The molecule has 0 heterocycles. The quantitative estimate of drug-likeness (QED) is 0.836. The number of anilines is 2. The van der Waals surface area contributed by atoms with Gasteiger partial charge in [0.05, 0.1) is 23.0 Å². The van der Waals surface area contributed by atoms with Crippen LogP contribution in [-0.2, 0) is 0 Å². The van der Waals surface area contributed by atoms with Crippen molar-refractivity contribution in [2.24, 2.45) is 0 Å². The van der Waals surface area contributed by atoms with Gasteiger partial charge in [0.15, 0.2) is 0 Å². The van der Waals surface area contributed by atoms with Crippen LogP contribution in [0.15, 0.2) is 60.7 Å². The van der Waals surface area contributed by atoms with Gasteiger partial charge >= 0.3 is 0 Å². The minimum atomic E-state index is -0.667. The van der Waals surface area contributed by atoms with Crippen LogP contribution in [0.1, 0.15) is 32.6 Å². The Labute approximate surface area is 132 Å². The molecule has 3 heteroatoms. The Morgan fingerprint density at radius 3 is 2.00 bits per heavy atom. The summed E-state index contributed by atoms with van der Waals surface area (Å²) in [6.07, 6.45) is 4.10. The van der Waals surface area contributed by atoms with Crippen molar-refractivity contribution in [3.63, 3.8) is 0 Å². The molecule has 1 fully saturated rings. The molecule has 2 aromatic carbocycles. The molecule has 0 saturated heterocycles. The summed E-state index contributed by atoms with van der Waals surface area (Å²) in [6.45, 7) is 1.94. The third kappa shape index (κ3) is 3.32. The van der Waals surface area contributed by atoms with E-state index in [2.05, 4.69) is 34.7 Å². The van der Waals surface area contributed by atoms with E-state index in [1.807, 2.05) is 43.3 Å². The van der Waals surface area contributed by atoms with Gasteiger partial charge in [0.1, 0.15) is 0 Å². The smallest absolute Gasteiger partial charge is 0.0790 e. The zero-order valence-corrected chi connectivity index (χ0v) is 13.1. The monoisotopic (exact) mass is 296 g/mol. The van der Waals surface area contributed by atoms with Crippen LogP contribution in [0.25, 0.3) is 0 Å². The predicted octanol–water partition coefficient (Wildman–Crippen LogP) is 4.02. The molecule has 2 N–H and O–H groups in total. The van der Waals surface area contributed by atoms with Crippen LogP contribution in [0.4, 0.5) is 11.4 Å². The van der Waals surface area contributed by atoms with E-state index in [4.69, 9.17) is 0 Å². The number of rotatable bonds is 4. The molecule has 1 saturated carbocycles. The van der Waals surface area contributed by atoms with Crippen LogP contribution < -0.4 is 10.4 Å². The molecule has 0 radical (unpaired) electrons. The Kier molecular flexibility index (Phi) is 4.46. The van der Waals surface area contributed by atoms with Crippen molar-refractivity contribution < 1.29 is 5.11 Å². The summed E-state index contributed by atoms with van der Waals surface area (Å²) >= 11 is 0. The first kappa shape index (κ1) is 15.1. The third-order valence-electron chi connectivity index (χ3n) is 4.49. The third-order valence-corrected chi connectivity index (χ3v) is 4.49. The summed E-state index contributed by atoms with van der Waals surface area (Å²) in [4.78, 5) is 0. The standard InChI is InChI=1S/C19H24N2O/c1-19(22)15-9-8-14-18(19)20-21(16-10-4-2-5-11-16)17-12-6-3-7-13-17/h2-7,10-13,18,20,22H,8-9,14-15H2,1H3/t18-,19+/m1/s1. The first-order valence-electron chi connectivity index (χ1n) is 8.05. The van der Waals surface area contributed by atoms with E-state index in [9.17, 15) is 5.11 Å². The molecule has 0 spiro atoms. The molecule has 22 heavy (non-hydrogen) atoms. The predicted molar refractivity (Wildman–Crippen MR) is 91.0 cm³/mol. The van der Waals surface area contributed by atoms with Crippen molar-refractivity contribution in [2.45, 2.75) is 44.2 Å². The molecule has 2 aromatic rings. The highest BCUT2D eigenvalue weighted by Crippen LogP contribution is 2.31. The van der Waals surface area contributed by atoms with Gasteiger partial charge in [-0.25, -0.2) is 5.43 Å². The molecule has 2 atom stereocenters. The van der Waals surface area contributed by atoms with Crippen LogP contribution in [0.3, 0.4) is 0 Å². The molecular formula is C19H24N2O. The number of para-hydroxylation sites is 2. The lowest BCUT2D eigenvalue weighted by molar-refractivity contribution is -0.00979. The van der Waals surface area contributed by atoms with Crippen LogP contribution in [0.5, 0.6) is 0 Å². The zero-order valence-electron chi connectivity index (χ0n) is 13.1. The molecule has 0 amide bonds. The number of hydrogen-bond donors (Lipinski definition) is 2. The molecule has 116 valence electrons. The number of hydrogen-bond acceptors (Lipinski definition) is 3. The first-order chi connectivity index (χ1) is 10.7. The van der Waals surface area contributed by atoms with Crippen molar-refractivity contribution in [1.29, 1.82) is 0 Å². The molecule has 1 aliphatic carbocycles. The van der Waals surface area contributed by atoms with E-state index in [-0.39, 0.29) is 6.04 Å². The average Bonchev–Trinajstić information content (AvgIpc) is 2.55. The maximum Gasteiger partial charge on any atom is 0.0790 e. The van der Waals surface area contributed by atoms with Crippen LogP contribution in [0, 0.1) is 0 Å². The molecular weight excluding hydrogens is 272 g/mol. The largest absolute Gasteiger partial charge is 0.388 e. The minimum absolute atomic E-state index is 0.0571. The maximum absolute atomic E-state index is 10.7. The van der Waals surface area contributed by atoms with Crippen LogP contribution >= 0.6 is 0 Å². The second kappa shape index (κ2) is 6.51. The normalized spacial score (nSPS) is 24.9. The van der Waals surface area contributed by atoms with E-state index in [0.717, 1.165) is 37.1 Å². The topological polar surface area (TPSA) is 35.5 Å². The fourth-order valence-corrected chi connectivity index (χ4v) is 3.13. The first-order valence-corrected chi connectivity index (χ1v) is 8.05. The van der Waals surface area contributed by atoms with E-state index >= 15 is 0 Å². The summed E-state index contributed by atoms with van der Waals surface area (Å²) < 4.78 is 0. The summed E-state index contributed by atoms with van der Waals surface area (Å²) in [5, 5.41) is 12.8. The second-order valence-corrected chi connectivity index (χ2v) is 6.29. The molecule has 0 bridgehead atoms. The fraction of sp³-hybridized carbons (Fsp3) is 0.368. The molecule has 1 aliphatic rings. The van der Waals surface area contributed by atoms with Gasteiger partial charge in [0.25, 0.3) is 0 Å². The highest BCUT2D eigenvalue weighted by molar-refractivity contribution is 5.61. The lowest BCUT2D eigenvalue weighted by atomic mass is 9.82. The van der Waals surface area contributed by atoms with Gasteiger partial charge in [0.2, 0.25) is 0 Å². The Hall–Kier alpha value is -1.84. The molecule has 3 nitrogen and oxygen atoms in total. The highest BCUT2D eigenvalue weighted by Gasteiger charge is 2.35. The lowest BCUT2D eigenvalue weighted by Crippen LogP contribution is -2.55. The maximum atomic E-state index is 10.7. The van der Waals surface area contributed by atoms with Gasteiger partial charge in [-0.15, -0.1) is 0 Å². The average molecular weight is 296 g/mol. The molecule has 0 unspecified atom stereocenters. The zero-order chi connectivity index (χ0) is 15.4. The van der Waals surface area contributed by atoms with Gasteiger partial charge in [-0.1, -0.05) is 49.2 Å². The number of nitrogens with zero attached hydrogens (tertiary/aromatic N) is 1. The molecule has 0 aliphatic heterocycles. The van der Waals surface area contributed by atoms with Crippen molar-refractivity contribution >= 4 is 11.4 Å². The number of aliphatic hydroxyl groups is 1. The van der Waals surface area contributed by atoms with Crippen molar-refractivity contribution in [1.82, 2.24) is 5.43 Å². The van der Waals surface area contributed by atoms with Gasteiger partial charge in [0, 0.05) is 0 Å². The second-order valence-electron chi connectivity index (χ2n) is 6.29. The van der Waals surface area contributed by atoms with Crippen LogP contribution in [0.2, 0.25) is 0 Å². The summed E-state index contributed by atoms with van der Waals surface area (Å²) in [5.41, 5.74) is 5.05. The Morgan fingerprint density at radius 2 is 1.50 bits per heavy atom.